The summed E-state index contributed by atoms with van der Waals surface area (Å²) in [5.41, 5.74) is 4.75. The van der Waals surface area contributed by atoms with E-state index < -0.39 is 5.91 Å². The first-order valence-corrected chi connectivity index (χ1v) is 11.9. The summed E-state index contributed by atoms with van der Waals surface area (Å²) in [7, 11) is 0. The molecule has 6 nitrogen and oxygen atoms in total. The Morgan fingerprint density at radius 1 is 0.972 bits per heavy atom. The summed E-state index contributed by atoms with van der Waals surface area (Å²) in [5.74, 6) is 1.32. The Labute approximate surface area is 217 Å². The van der Waals surface area contributed by atoms with Gasteiger partial charge in [0, 0.05) is 17.2 Å². The topological polar surface area (TPSA) is 80.3 Å². The lowest BCUT2D eigenvalue weighted by molar-refractivity contribution is -0.115. The molecule has 0 atom stereocenters. The van der Waals surface area contributed by atoms with Crippen LogP contribution in [0.3, 0.4) is 0 Å². The zero-order chi connectivity index (χ0) is 25.1. The number of thiocarbonyl (C=S) groups is 1. The predicted octanol–water partition coefficient (Wildman–Crippen LogP) is 7.24. The van der Waals surface area contributed by atoms with Gasteiger partial charge in [-0.25, -0.2) is 4.98 Å². The van der Waals surface area contributed by atoms with Crippen molar-refractivity contribution in [3.63, 3.8) is 0 Å². The number of carbonyl (C=O) groups excluding carboxylic acids is 1. The molecule has 0 aliphatic carbocycles. The van der Waals surface area contributed by atoms with Crippen LogP contribution in [0, 0.1) is 6.92 Å². The van der Waals surface area contributed by atoms with Gasteiger partial charge in [0.05, 0.1) is 10.7 Å². The highest BCUT2D eigenvalue weighted by Gasteiger charge is 2.12. The first kappa shape index (κ1) is 23.5. The molecule has 0 saturated heterocycles. The molecule has 0 fully saturated rings. The van der Waals surface area contributed by atoms with Crippen LogP contribution in [-0.4, -0.2) is 16.0 Å². The van der Waals surface area contributed by atoms with Gasteiger partial charge in [-0.15, -0.1) is 0 Å². The fourth-order valence-corrected chi connectivity index (χ4v) is 3.95. The van der Waals surface area contributed by atoms with E-state index in [-0.39, 0.29) is 5.11 Å². The number of nitrogens with one attached hydrogen (secondary N) is 2. The highest BCUT2D eigenvalue weighted by molar-refractivity contribution is 7.80. The van der Waals surface area contributed by atoms with Crippen molar-refractivity contribution in [1.82, 2.24) is 10.3 Å². The smallest absolute Gasteiger partial charge is 0.250 e. The normalized spacial score (nSPS) is 11.2. The van der Waals surface area contributed by atoms with E-state index in [0.717, 1.165) is 28.0 Å². The average Bonchev–Trinajstić information content (AvgIpc) is 3.51. The van der Waals surface area contributed by atoms with E-state index in [4.69, 9.17) is 32.7 Å². The van der Waals surface area contributed by atoms with Crippen LogP contribution in [0.4, 0.5) is 5.69 Å². The van der Waals surface area contributed by atoms with Crippen LogP contribution in [0.5, 0.6) is 0 Å². The number of hydrogen-bond donors (Lipinski definition) is 2. The number of aryl methyl sites for hydroxylation is 1. The van der Waals surface area contributed by atoms with Crippen LogP contribution >= 0.6 is 23.8 Å². The molecule has 36 heavy (non-hydrogen) atoms. The highest BCUT2D eigenvalue weighted by atomic mass is 35.5. The molecule has 2 N–H and O–H groups in total. The van der Waals surface area contributed by atoms with Crippen LogP contribution in [0.15, 0.2) is 93.8 Å². The second-order valence-electron chi connectivity index (χ2n) is 8.03. The van der Waals surface area contributed by atoms with Crippen LogP contribution in [0.1, 0.15) is 11.3 Å². The van der Waals surface area contributed by atoms with E-state index in [1.807, 2.05) is 67.6 Å². The number of hydrogen-bond acceptors (Lipinski definition) is 5. The molecule has 0 bridgehead atoms. The summed E-state index contributed by atoms with van der Waals surface area (Å²) in [5, 5.41) is 6.10. The van der Waals surface area contributed by atoms with E-state index in [0.29, 0.717) is 27.9 Å². The summed E-state index contributed by atoms with van der Waals surface area (Å²) >= 11 is 11.6. The summed E-state index contributed by atoms with van der Waals surface area (Å²) in [4.78, 5) is 16.9. The predicted molar refractivity (Wildman–Crippen MR) is 147 cm³/mol. The molecule has 0 aliphatic heterocycles. The monoisotopic (exact) mass is 513 g/mol. The van der Waals surface area contributed by atoms with E-state index >= 15 is 0 Å². The van der Waals surface area contributed by atoms with Gasteiger partial charge < -0.3 is 14.2 Å². The molecule has 2 aromatic heterocycles. The number of fused-ring (bicyclic) bond motifs is 1. The molecule has 8 heteroatoms. The fraction of sp³-hybridized carbons (Fsp3) is 0.0357. The molecule has 178 valence electrons. The molecule has 5 rings (SSSR count). The minimum Gasteiger partial charge on any atom is -0.457 e. The minimum atomic E-state index is -0.410. The van der Waals surface area contributed by atoms with Gasteiger partial charge in [-0.05, 0) is 73.2 Å². The maximum absolute atomic E-state index is 12.4. The van der Waals surface area contributed by atoms with Crippen molar-refractivity contribution in [3.8, 4) is 22.8 Å². The van der Waals surface area contributed by atoms with Crippen LogP contribution < -0.4 is 10.6 Å². The Morgan fingerprint density at radius 3 is 2.64 bits per heavy atom. The van der Waals surface area contributed by atoms with Crippen molar-refractivity contribution < 1.29 is 13.6 Å². The van der Waals surface area contributed by atoms with E-state index in [1.54, 1.807) is 24.3 Å². The minimum absolute atomic E-state index is 0.0984. The van der Waals surface area contributed by atoms with Crippen molar-refractivity contribution in [2.45, 2.75) is 6.92 Å². The summed E-state index contributed by atoms with van der Waals surface area (Å²) in [6, 6.07) is 24.5. The molecule has 3 aromatic carbocycles. The highest BCUT2D eigenvalue weighted by Crippen LogP contribution is 2.30. The van der Waals surface area contributed by atoms with Crippen LogP contribution in [-0.2, 0) is 4.79 Å². The van der Waals surface area contributed by atoms with Gasteiger partial charge in [-0.2, -0.15) is 0 Å². The molecule has 5 aromatic rings. The number of amides is 1. The van der Waals surface area contributed by atoms with Gasteiger partial charge in [0.15, 0.2) is 10.7 Å². The number of halogens is 1. The summed E-state index contributed by atoms with van der Waals surface area (Å²) < 4.78 is 11.7. The molecule has 0 spiro atoms. The number of aromatic nitrogens is 1. The van der Waals surface area contributed by atoms with E-state index in [2.05, 4.69) is 15.6 Å². The zero-order valence-electron chi connectivity index (χ0n) is 19.1. The van der Waals surface area contributed by atoms with E-state index in [9.17, 15) is 4.79 Å². The molecule has 2 heterocycles. The van der Waals surface area contributed by atoms with E-state index in [1.165, 1.54) is 6.08 Å². The Hall–Kier alpha value is -4.20. The first-order chi connectivity index (χ1) is 17.4. The molecule has 0 radical (unpaired) electrons. The van der Waals surface area contributed by atoms with Gasteiger partial charge >= 0.3 is 0 Å². The SMILES string of the molecule is Cc1ccc2nc(-c3ccc(Cl)c(NC(=S)NC(=O)/C=C/c4ccc(-c5ccccc5)o4)c3)oc2c1. The number of carbonyl (C=O) groups is 1. The van der Waals surface area contributed by atoms with Gasteiger partial charge in [0.2, 0.25) is 11.8 Å². The Bertz CT molecular complexity index is 1610. The molecular formula is C28H20ClN3O3S. The summed E-state index contributed by atoms with van der Waals surface area (Å²) in [6.45, 7) is 1.99. The lowest BCUT2D eigenvalue weighted by Crippen LogP contribution is -2.32. The molecule has 0 aliphatic rings. The van der Waals surface area contributed by atoms with Gasteiger partial charge in [-0.1, -0.05) is 48.0 Å². The lowest BCUT2D eigenvalue weighted by atomic mass is 10.2. The average molecular weight is 514 g/mol. The largest absolute Gasteiger partial charge is 0.457 e. The lowest BCUT2D eigenvalue weighted by Gasteiger charge is -2.10. The van der Waals surface area contributed by atoms with Crippen LogP contribution in [0.2, 0.25) is 5.02 Å². The van der Waals surface area contributed by atoms with Gasteiger partial charge in [0.1, 0.15) is 17.0 Å². The molecule has 0 unspecified atom stereocenters. The third-order valence-corrected chi connectivity index (χ3v) is 5.86. The Morgan fingerprint density at radius 2 is 1.81 bits per heavy atom. The first-order valence-electron chi connectivity index (χ1n) is 11.1. The number of rotatable bonds is 5. The number of oxazole rings is 1. The van der Waals surface area contributed by atoms with Crippen molar-refractivity contribution in [2.75, 3.05) is 5.32 Å². The Kier molecular flexibility index (Phi) is 6.66. The second-order valence-corrected chi connectivity index (χ2v) is 8.85. The maximum atomic E-state index is 12.4. The quantitative estimate of drug-likeness (QED) is 0.190. The van der Waals surface area contributed by atoms with Crippen molar-refractivity contribution in [3.05, 3.63) is 101 Å². The van der Waals surface area contributed by atoms with Crippen LogP contribution in [0.25, 0.3) is 40.0 Å². The molecular weight excluding hydrogens is 494 g/mol. The summed E-state index contributed by atoms with van der Waals surface area (Å²) in [6.07, 6.45) is 2.92. The number of furan rings is 1. The Balaban J connectivity index is 1.24. The number of nitrogens with zero attached hydrogens (tertiary/aromatic N) is 1. The zero-order valence-corrected chi connectivity index (χ0v) is 20.7. The number of anilines is 1. The van der Waals surface area contributed by atoms with Crippen molar-refractivity contribution in [1.29, 1.82) is 0 Å². The maximum Gasteiger partial charge on any atom is 0.250 e. The van der Waals surface area contributed by atoms with Crippen molar-refractivity contribution in [2.24, 2.45) is 0 Å². The number of benzene rings is 3. The van der Waals surface area contributed by atoms with Crippen molar-refractivity contribution >= 4 is 57.7 Å². The molecule has 1 amide bonds. The third-order valence-electron chi connectivity index (χ3n) is 5.33. The van der Waals surface area contributed by atoms with Gasteiger partial charge in [-0.3, -0.25) is 10.1 Å². The second kappa shape index (κ2) is 10.2. The fourth-order valence-electron chi connectivity index (χ4n) is 3.57. The third kappa shape index (κ3) is 5.38. The van der Waals surface area contributed by atoms with Gasteiger partial charge in [0.25, 0.3) is 0 Å². The standard InChI is InChI=1S/C28H20ClN3O3S/c1-17-7-12-22-25(15-17)35-27(30-22)19-8-11-21(29)23(16-19)31-28(36)32-26(33)14-10-20-9-13-24(34-20)18-5-3-2-4-6-18/h2-16H,1H3,(H2,31,32,33,36)/b14-10+. The molecule has 0 saturated carbocycles.